The van der Waals surface area contributed by atoms with E-state index in [1.807, 2.05) is 32.8 Å². The van der Waals surface area contributed by atoms with Gasteiger partial charge >= 0.3 is 0 Å². The number of rotatable bonds is 11. The Kier molecular flexibility index (Phi) is 10.4. The molecule has 0 radical (unpaired) electrons. The summed E-state index contributed by atoms with van der Waals surface area (Å²) in [5.41, 5.74) is -2.07. The molecule has 1 unspecified atom stereocenters. The summed E-state index contributed by atoms with van der Waals surface area (Å²) in [4.78, 5) is 53.9. The fourth-order valence-corrected chi connectivity index (χ4v) is 3.73. The molecule has 0 aliphatic rings. The topological polar surface area (TPSA) is 98.8 Å². The third-order valence-corrected chi connectivity index (χ3v) is 5.14. The third-order valence-electron chi connectivity index (χ3n) is 5.14. The number of nitrogens with one attached hydrogen (secondary N) is 2. The van der Waals surface area contributed by atoms with Gasteiger partial charge in [-0.1, -0.05) is 34.6 Å². The Morgan fingerprint density at radius 2 is 1.42 bits per heavy atom. The summed E-state index contributed by atoms with van der Waals surface area (Å²) >= 11 is 0. The summed E-state index contributed by atoms with van der Waals surface area (Å²) in [5.74, 6) is -0.848. The van der Waals surface area contributed by atoms with E-state index in [9.17, 15) is 19.2 Å². The van der Waals surface area contributed by atoms with Crippen LogP contribution in [-0.2, 0) is 19.2 Å². The standard InChI is InChI=1S/C23H44N4O4/c1-16(28)25-23(7,8)15-22(5,6)20(31)27(11)17(14-18(29)21(2,3)4)19(30)24-12-13-26(9)10/h17H,12-15H2,1-11H3,(H,24,30)(H,25,28). The average molecular weight is 441 g/mol. The molecule has 0 aliphatic carbocycles. The van der Waals surface area contributed by atoms with E-state index in [2.05, 4.69) is 10.6 Å². The molecule has 180 valence electrons. The van der Waals surface area contributed by atoms with Gasteiger partial charge in [-0.15, -0.1) is 0 Å². The molecule has 0 aliphatic heterocycles. The zero-order valence-corrected chi connectivity index (χ0v) is 21.4. The lowest BCUT2D eigenvalue weighted by Gasteiger charge is -2.39. The molecule has 3 amide bonds. The second kappa shape index (κ2) is 11.1. The van der Waals surface area contributed by atoms with Crippen LogP contribution in [0.5, 0.6) is 0 Å². The van der Waals surface area contributed by atoms with Crippen LogP contribution in [0, 0.1) is 10.8 Å². The Balaban J connectivity index is 5.66. The number of ketones is 1. The molecule has 0 aromatic rings. The van der Waals surface area contributed by atoms with E-state index in [1.54, 1.807) is 41.7 Å². The summed E-state index contributed by atoms with van der Waals surface area (Å²) < 4.78 is 0. The smallest absolute Gasteiger partial charge is 0.243 e. The molecule has 0 fully saturated rings. The maximum Gasteiger partial charge on any atom is 0.243 e. The minimum atomic E-state index is -0.899. The Morgan fingerprint density at radius 1 is 0.903 bits per heavy atom. The van der Waals surface area contributed by atoms with Gasteiger partial charge in [0.15, 0.2) is 0 Å². The molecule has 0 rings (SSSR count). The number of carbonyl (C=O) groups excluding carboxylic acids is 4. The zero-order chi connectivity index (χ0) is 24.8. The highest BCUT2D eigenvalue weighted by atomic mass is 16.2. The summed E-state index contributed by atoms with van der Waals surface area (Å²) in [5, 5.41) is 5.71. The highest BCUT2D eigenvalue weighted by molar-refractivity contribution is 5.95. The fourth-order valence-electron chi connectivity index (χ4n) is 3.73. The first-order chi connectivity index (χ1) is 13.8. The summed E-state index contributed by atoms with van der Waals surface area (Å²) in [6.07, 6.45) is 0.329. The number of hydrogen-bond donors (Lipinski definition) is 2. The number of nitrogens with zero attached hydrogens (tertiary/aromatic N) is 2. The molecule has 0 saturated carbocycles. The van der Waals surface area contributed by atoms with Gasteiger partial charge in [-0.05, 0) is 34.4 Å². The van der Waals surface area contributed by atoms with E-state index in [1.165, 1.54) is 11.8 Å². The lowest BCUT2D eigenvalue weighted by Crippen LogP contribution is -2.55. The maximum absolute atomic E-state index is 13.4. The Morgan fingerprint density at radius 3 is 1.84 bits per heavy atom. The molecule has 0 heterocycles. The molecule has 0 aromatic heterocycles. The number of amides is 3. The first-order valence-corrected chi connectivity index (χ1v) is 10.8. The summed E-state index contributed by atoms with van der Waals surface area (Å²) in [6.45, 7) is 15.2. The van der Waals surface area contributed by atoms with Crippen molar-refractivity contribution in [3.05, 3.63) is 0 Å². The molecular weight excluding hydrogens is 396 g/mol. The van der Waals surface area contributed by atoms with Crippen LogP contribution in [0.25, 0.3) is 0 Å². The van der Waals surface area contributed by atoms with E-state index >= 15 is 0 Å². The van der Waals surface area contributed by atoms with Gasteiger partial charge in [0, 0.05) is 49.9 Å². The SMILES string of the molecule is CC(=O)NC(C)(C)CC(C)(C)C(=O)N(C)C(CC(=O)C(C)(C)C)C(=O)NCCN(C)C. The van der Waals surface area contributed by atoms with E-state index in [0.29, 0.717) is 19.5 Å². The predicted octanol–water partition coefficient (Wildman–Crippen LogP) is 1.83. The molecule has 0 aromatic carbocycles. The van der Waals surface area contributed by atoms with Gasteiger partial charge in [-0.2, -0.15) is 0 Å². The van der Waals surface area contributed by atoms with Gasteiger partial charge in [-0.3, -0.25) is 19.2 Å². The minimum Gasteiger partial charge on any atom is -0.353 e. The van der Waals surface area contributed by atoms with E-state index in [-0.39, 0.29) is 29.9 Å². The molecular formula is C23H44N4O4. The highest BCUT2D eigenvalue weighted by Crippen LogP contribution is 2.31. The first-order valence-electron chi connectivity index (χ1n) is 10.8. The van der Waals surface area contributed by atoms with Crippen LogP contribution in [0.3, 0.4) is 0 Å². The predicted molar refractivity (Wildman–Crippen MR) is 123 cm³/mol. The normalized spacial score (nSPS) is 13.5. The third kappa shape index (κ3) is 10.3. The molecule has 0 spiro atoms. The van der Waals surface area contributed by atoms with Crippen molar-refractivity contribution in [2.45, 2.75) is 79.8 Å². The second-order valence-electron chi connectivity index (χ2n) is 11.0. The lowest BCUT2D eigenvalue weighted by molar-refractivity contribution is -0.148. The van der Waals surface area contributed by atoms with Crippen molar-refractivity contribution in [1.82, 2.24) is 20.4 Å². The van der Waals surface area contributed by atoms with Crippen molar-refractivity contribution >= 4 is 23.5 Å². The largest absolute Gasteiger partial charge is 0.353 e. The monoisotopic (exact) mass is 440 g/mol. The first kappa shape index (κ1) is 29.0. The maximum atomic E-state index is 13.4. The Labute approximate surface area is 188 Å². The molecule has 0 saturated heterocycles. The number of likely N-dealkylation sites (N-methyl/N-ethyl adjacent to an activating group) is 2. The molecule has 0 bridgehead atoms. The number of carbonyl (C=O) groups is 4. The quantitative estimate of drug-likeness (QED) is 0.511. The number of Topliss-reactive ketones (excluding diaryl/α,β-unsaturated/α-hetero) is 1. The van der Waals surface area contributed by atoms with Crippen molar-refractivity contribution in [3.8, 4) is 0 Å². The Hall–Kier alpha value is -1.96. The van der Waals surface area contributed by atoms with E-state index in [0.717, 1.165) is 0 Å². The van der Waals surface area contributed by atoms with E-state index < -0.39 is 22.4 Å². The zero-order valence-electron chi connectivity index (χ0n) is 21.4. The van der Waals surface area contributed by atoms with Gasteiger partial charge in [0.2, 0.25) is 17.7 Å². The molecule has 8 nitrogen and oxygen atoms in total. The van der Waals surface area contributed by atoms with Crippen molar-refractivity contribution in [3.63, 3.8) is 0 Å². The Bertz CT molecular complexity index is 663. The summed E-state index contributed by atoms with van der Waals surface area (Å²) in [6, 6.07) is -0.899. The van der Waals surface area contributed by atoms with E-state index in [4.69, 9.17) is 0 Å². The number of hydrogen-bond acceptors (Lipinski definition) is 5. The van der Waals surface area contributed by atoms with Crippen molar-refractivity contribution in [2.24, 2.45) is 10.8 Å². The molecule has 8 heteroatoms. The van der Waals surface area contributed by atoms with Crippen LogP contribution in [-0.4, -0.2) is 79.1 Å². The second-order valence-corrected chi connectivity index (χ2v) is 11.0. The van der Waals surface area contributed by atoms with Crippen LogP contribution >= 0.6 is 0 Å². The summed E-state index contributed by atoms with van der Waals surface area (Å²) in [7, 11) is 5.38. The van der Waals surface area contributed by atoms with Crippen molar-refractivity contribution in [1.29, 1.82) is 0 Å². The van der Waals surface area contributed by atoms with Crippen LogP contribution in [0.15, 0.2) is 0 Å². The highest BCUT2D eigenvalue weighted by Gasteiger charge is 2.41. The lowest BCUT2D eigenvalue weighted by atomic mass is 9.78. The van der Waals surface area contributed by atoms with Gasteiger partial charge < -0.3 is 20.4 Å². The fraction of sp³-hybridized carbons (Fsp3) is 0.826. The average Bonchev–Trinajstić information content (AvgIpc) is 2.54. The molecule has 2 N–H and O–H groups in total. The molecule has 1 atom stereocenters. The van der Waals surface area contributed by atoms with Crippen LogP contribution < -0.4 is 10.6 Å². The van der Waals surface area contributed by atoms with Crippen LogP contribution in [0.2, 0.25) is 0 Å². The van der Waals surface area contributed by atoms with Crippen molar-refractivity contribution in [2.75, 3.05) is 34.2 Å². The minimum absolute atomic E-state index is 0.0509. The van der Waals surface area contributed by atoms with Crippen LogP contribution in [0.4, 0.5) is 0 Å². The van der Waals surface area contributed by atoms with Gasteiger partial charge in [-0.25, -0.2) is 0 Å². The van der Waals surface area contributed by atoms with Gasteiger partial charge in [0.05, 0.1) is 0 Å². The van der Waals surface area contributed by atoms with Crippen LogP contribution in [0.1, 0.15) is 68.2 Å². The van der Waals surface area contributed by atoms with Gasteiger partial charge in [0.1, 0.15) is 11.8 Å². The molecule has 31 heavy (non-hydrogen) atoms. The van der Waals surface area contributed by atoms with Crippen molar-refractivity contribution < 1.29 is 19.2 Å². The van der Waals surface area contributed by atoms with Gasteiger partial charge in [0.25, 0.3) is 0 Å².